The Kier molecular flexibility index (Phi) is 4.37. The topological polar surface area (TPSA) is 94.2 Å². The maximum absolute atomic E-state index is 12.0. The lowest BCUT2D eigenvalue weighted by Gasteiger charge is -2.22. The number of guanidine groups is 1. The van der Waals surface area contributed by atoms with Crippen LogP contribution >= 0.6 is 0 Å². The zero-order chi connectivity index (χ0) is 13.0. The second kappa shape index (κ2) is 5.56. The minimum atomic E-state index is -0.214. The summed E-state index contributed by atoms with van der Waals surface area (Å²) in [5.41, 5.74) is 9.75. The Morgan fingerprint density at radius 1 is 1.65 bits per heavy atom. The Labute approximate surface area is 102 Å². The molecule has 0 spiro atoms. The molecular formula is C11H21N5O. The predicted molar refractivity (Wildman–Crippen MR) is 67.0 cm³/mol. The van der Waals surface area contributed by atoms with Gasteiger partial charge in [-0.3, -0.25) is 15.6 Å². The van der Waals surface area contributed by atoms with Crippen LogP contribution in [-0.2, 0) is 4.79 Å². The number of carbonyl (C=O) groups is 1. The van der Waals surface area contributed by atoms with Crippen LogP contribution in [0.3, 0.4) is 0 Å². The van der Waals surface area contributed by atoms with Crippen LogP contribution in [0.5, 0.6) is 0 Å². The van der Waals surface area contributed by atoms with E-state index in [-0.39, 0.29) is 17.9 Å². The van der Waals surface area contributed by atoms with Gasteiger partial charge in [0.15, 0.2) is 0 Å². The lowest BCUT2D eigenvalue weighted by molar-refractivity contribution is -0.117. The van der Waals surface area contributed by atoms with Crippen LogP contribution in [0.1, 0.15) is 33.6 Å². The van der Waals surface area contributed by atoms with Crippen LogP contribution in [0.25, 0.3) is 0 Å². The minimum Gasteiger partial charge on any atom is -0.369 e. The highest BCUT2D eigenvalue weighted by Gasteiger charge is 2.32. The number of hydrazine groups is 1. The molecule has 0 radical (unpaired) electrons. The summed E-state index contributed by atoms with van der Waals surface area (Å²) in [5.74, 6) is -0.173. The van der Waals surface area contributed by atoms with Gasteiger partial charge in [0.1, 0.15) is 0 Å². The molecule has 0 aromatic carbocycles. The molecule has 0 aromatic rings. The van der Waals surface area contributed by atoms with Gasteiger partial charge in [0.2, 0.25) is 5.96 Å². The van der Waals surface area contributed by atoms with Crippen molar-refractivity contribution in [2.45, 2.75) is 39.7 Å². The average molecular weight is 239 g/mol. The smallest absolute Gasteiger partial charge is 0.251 e. The number of hydrogen-bond donors (Lipinski definition) is 4. The summed E-state index contributed by atoms with van der Waals surface area (Å²) >= 11 is 0. The SMILES string of the molecule is CCCCNC(=O)C1=C(C)NN(C(=N)N)C1C. The number of nitrogens with zero attached hydrogens (tertiary/aromatic N) is 1. The quantitative estimate of drug-likeness (QED) is 0.322. The molecule has 1 heterocycles. The summed E-state index contributed by atoms with van der Waals surface area (Å²) in [6, 6.07) is -0.214. The molecule has 1 atom stereocenters. The lowest BCUT2D eigenvalue weighted by atomic mass is 10.1. The molecule has 96 valence electrons. The molecule has 1 unspecified atom stereocenters. The van der Waals surface area contributed by atoms with Crippen LogP contribution in [0.2, 0.25) is 0 Å². The fourth-order valence-corrected chi connectivity index (χ4v) is 1.88. The number of hydrogen-bond acceptors (Lipinski definition) is 3. The number of nitrogens with one attached hydrogen (secondary N) is 3. The highest BCUT2D eigenvalue weighted by Crippen LogP contribution is 2.19. The lowest BCUT2D eigenvalue weighted by Crippen LogP contribution is -2.47. The van der Waals surface area contributed by atoms with Gasteiger partial charge in [-0.15, -0.1) is 0 Å². The van der Waals surface area contributed by atoms with E-state index in [1.807, 2.05) is 13.8 Å². The molecule has 1 aliphatic heterocycles. The summed E-state index contributed by atoms with van der Waals surface area (Å²) in [6.45, 7) is 6.42. The molecule has 0 bridgehead atoms. The van der Waals surface area contributed by atoms with Crippen molar-refractivity contribution in [2.24, 2.45) is 5.73 Å². The Morgan fingerprint density at radius 3 is 2.76 bits per heavy atom. The van der Waals surface area contributed by atoms with E-state index >= 15 is 0 Å². The van der Waals surface area contributed by atoms with E-state index in [1.165, 1.54) is 5.01 Å². The van der Waals surface area contributed by atoms with Gasteiger partial charge in [-0.1, -0.05) is 13.3 Å². The van der Waals surface area contributed by atoms with Crippen molar-refractivity contribution in [3.63, 3.8) is 0 Å². The van der Waals surface area contributed by atoms with Gasteiger partial charge in [-0.25, -0.2) is 5.01 Å². The maximum atomic E-state index is 12.0. The van der Waals surface area contributed by atoms with Gasteiger partial charge in [0.05, 0.1) is 11.6 Å². The standard InChI is InChI=1S/C11H21N5O/c1-4-5-6-14-10(17)9-7(2)15-16(8(9)3)11(12)13/h8,15H,4-6H2,1-3H3,(H3,12,13)(H,14,17). The number of nitrogens with two attached hydrogens (primary N) is 1. The first-order valence-corrected chi connectivity index (χ1v) is 5.87. The summed E-state index contributed by atoms with van der Waals surface area (Å²) in [5, 5.41) is 11.7. The molecule has 0 fully saturated rings. The van der Waals surface area contributed by atoms with Gasteiger partial charge in [0, 0.05) is 12.2 Å². The van der Waals surface area contributed by atoms with E-state index < -0.39 is 0 Å². The van der Waals surface area contributed by atoms with Gasteiger partial charge >= 0.3 is 0 Å². The first kappa shape index (κ1) is 13.3. The van der Waals surface area contributed by atoms with Gasteiger partial charge in [-0.2, -0.15) is 0 Å². The third kappa shape index (κ3) is 2.89. The van der Waals surface area contributed by atoms with Gasteiger partial charge < -0.3 is 11.1 Å². The van der Waals surface area contributed by atoms with Crippen molar-refractivity contribution in [3.8, 4) is 0 Å². The summed E-state index contributed by atoms with van der Waals surface area (Å²) in [6.07, 6.45) is 2.02. The number of rotatable bonds is 4. The van der Waals surface area contributed by atoms with Crippen LogP contribution in [0, 0.1) is 5.41 Å². The molecule has 6 nitrogen and oxygen atoms in total. The zero-order valence-corrected chi connectivity index (χ0v) is 10.6. The number of unbranched alkanes of at least 4 members (excludes halogenated alkanes) is 1. The molecule has 1 rings (SSSR count). The van der Waals surface area contributed by atoms with Crippen molar-refractivity contribution in [2.75, 3.05) is 6.54 Å². The highest BCUT2D eigenvalue weighted by molar-refractivity contribution is 5.96. The molecule has 5 N–H and O–H groups in total. The summed E-state index contributed by atoms with van der Waals surface area (Å²) in [4.78, 5) is 12.0. The molecule has 0 aliphatic carbocycles. The van der Waals surface area contributed by atoms with E-state index in [1.54, 1.807) is 0 Å². The van der Waals surface area contributed by atoms with Gasteiger partial charge in [0.25, 0.3) is 5.91 Å². The molecule has 1 amide bonds. The fraction of sp³-hybridized carbons (Fsp3) is 0.636. The Bertz CT molecular complexity index is 350. The molecule has 1 aliphatic rings. The normalized spacial score (nSPS) is 19.2. The Balaban J connectivity index is 2.66. The van der Waals surface area contributed by atoms with E-state index in [2.05, 4.69) is 17.7 Å². The maximum Gasteiger partial charge on any atom is 0.251 e. The predicted octanol–water partition coefficient (Wildman–Crippen LogP) is 0.279. The number of amides is 1. The molecule has 6 heteroatoms. The first-order chi connectivity index (χ1) is 7.99. The van der Waals surface area contributed by atoms with Crippen molar-refractivity contribution >= 4 is 11.9 Å². The third-order valence-corrected chi connectivity index (χ3v) is 2.82. The van der Waals surface area contributed by atoms with Crippen molar-refractivity contribution < 1.29 is 4.79 Å². The molecular weight excluding hydrogens is 218 g/mol. The van der Waals surface area contributed by atoms with Crippen LogP contribution < -0.4 is 16.5 Å². The zero-order valence-electron chi connectivity index (χ0n) is 10.6. The first-order valence-electron chi connectivity index (χ1n) is 5.87. The van der Waals surface area contributed by atoms with Crippen molar-refractivity contribution in [1.82, 2.24) is 15.8 Å². The third-order valence-electron chi connectivity index (χ3n) is 2.82. The summed E-state index contributed by atoms with van der Waals surface area (Å²) in [7, 11) is 0. The second-order valence-electron chi connectivity index (χ2n) is 4.19. The van der Waals surface area contributed by atoms with Crippen LogP contribution in [0.4, 0.5) is 0 Å². The Hall–Kier alpha value is -1.72. The Morgan fingerprint density at radius 2 is 2.29 bits per heavy atom. The molecule has 0 aromatic heterocycles. The van der Waals surface area contributed by atoms with E-state index in [4.69, 9.17) is 11.1 Å². The van der Waals surface area contributed by atoms with E-state index in [9.17, 15) is 4.79 Å². The largest absolute Gasteiger partial charge is 0.369 e. The monoisotopic (exact) mass is 239 g/mol. The van der Waals surface area contributed by atoms with Gasteiger partial charge in [-0.05, 0) is 20.3 Å². The minimum absolute atomic E-state index is 0.0836. The van der Waals surface area contributed by atoms with Crippen molar-refractivity contribution in [1.29, 1.82) is 5.41 Å². The molecule has 0 saturated heterocycles. The van der Waals surface area contributed by atoms with E-state index in [0.717, 1.165) is 18.5 Å². The van der Waals surface area contributed by atoms with Crippen molar-refractivity contribution in [3.05, 3.63) is 11.3 Å². The van der Waals surface area contributed by atoms with Crippen LogP contribution in [-0.4, -0.2) is 29.5 Å². The summed E-state index contributed by atoms with van der Waals surface area (Å²) < 4.78 is 0. The number of carbonyl (C=O) groups excluding carboxylic acids is 1. The van der Waals surface area contributed by atoms with Crippen LogP contribution in [0.15, 0.2) is 11.3 Å². The van der Waals surface area contributed by atoms with E-state index in [0.29, 0.717) is 12.1 Å². The fourth-order valence-electron chi connectivity index (χ4n) is 1.88. The molecule has 17 heavy (non-hydrogen) atoms. The number of allylic oxidation sites excluding steroid dienone is 1. The molecule has 0 saturated carbocycles. The average Bonchev–Trinajstić information content (AvgIpc) is 2.54. The second-order valence-corrected chi connectivity index (χ2v) is 4.19. The highest BCUT2D eigenvalue weighted by atomic mass is 16.1.